The van der Waals surface area contributed by atoms with E-state index in [1.807, 2.05) is 13.8 Å². The summed E-state index contributed by atoms with van der Waals surface area (Å²) >= 11 is 0. The maximum atomic E-state index is 13.1. The van der Waals surface area contributed by atoms with Gasteiger partial charge >= 0.3 is 5.97 Å². The maximum Gasteiger partial charge on any atom is 0.338 e. The zero-order valence-corrected chi connectivity index (χ0v) is 16.3. The fourth-order valence-electron chi connectivity index (χ4n) is 5.32. The number of carbonyl (C=O) groups excluding carboxylic acids is 2. The van der Waals surface area contributed by atoms with E-state index in [1.165, 1.54) is 19.6 Å². The molecule has 0 aromatic rings. The van der Waals surface area contributed by atoms with Gasteiger partial charge in [0.15, 0.2) is 11.4 Å². The number of esters is 1. The van der Waals surface area contributed by atoms with Crippen LogP contribution in [-0.2, 0) is 14.3 Å². The summed E-state index contributed by atoms with van der Waals surface area (Å²) in [4.78, 5) is 25.2. The van der Waals surface area contributed by atoms with Crippen LogP contribution in [-0.4, -0.2) is 29.6 Å². The van der Waals surface area contributed by atoms with Crippen LogP contribution in [0.5, 0.6) is 0 Å². The molecule has 24 heavy (non-hydrogen) atoms. The minimum Gasteiger partial charge on any atom is -0.467 e. The highest BCUT2D eigenvalue weighted by molar-refractivity contribution is 6.02. The van der Waals surface area contributed by atoms with Crippen molar-refractivity contribution < 1.29 is 19.4 Å². The first-order valence-electron chi connectivity index (χ1n) is 8.97. The molecule has 2 aliphatic rings. The summed E-state index contributed by atoms with van der Waals surface area (Å²) in [6, 6.07) is 0. The number of fused-ring (bicyclic) bond motifs is 1. The maximum absolute atomic E-state index is 13.1. The van der Waals surface area contributed by atoms with Crippen molar-refractivity contribution in [2.24, 2.45) is 35.0 Å². The summed E-state index contributed by atoms with van der Waals surface area (Å²) < 4.78 is 4.78. The standard InChI is InChI=1S/C20H32O4/c1-10-9-15-12(3)17(21)16(20(7,23)18(22)24-8)14(5)19(15,6)13(4)11(10)2/h10-11,13-14,16,23H,9H2,1-8H3. The van der Waals surface area contributed by atoms with Crippen LogP contribution >= 0.6 is 0 Å². The Morgan fingerprint density at radius 2 is 1.79 bits per heavy atom. The van der Waals surface area contributed by atoms with E-state index in [0.717, 1.165) is 12.0 Å². The van der Waals surface area contributed by atoms with Gasteiger partial charge in [0.1, 0.15) is 0 Å². The molecule has 7 atom stereocenters. The third kappa shape index (κ3) is 2.37. The summed E-state index contributed by atoms with van der Waals surface area (Å²) in [6.07, 6.45) is 0.914. The molecule has 0 amide bonds. The van der Waals surface area contributed by atoms with E-state index in [-0.39, 0.29) is 17.1 Å². The third-order valence-electron chi connectivity index (χ3n) is 7.56. The van der Waals surface area contributed by atoms with Gasteiger partial charge in [-0.25, -0.2) is 4.79 Å². The molecule has 0 radical (unpaired) electrons. The lowest BCUT2D eigenvalue weighted by molar-refractivity contribution is -0.175. The van der Waals surface area contributed by atoms with E-state index in [9.17, 15) is 14.7 Å². The Balaban J connectivity index is 2.63. The third-order valence-corrected chi connectivity index (χ3v) is 7.56. The molecule has 0 aromatic heterocycles. The van der Waals surface area contributed by atoms with Crippen LogP contribution in [0.3, 0.4) is 0 Å². The molecule has 0 spiro atoms. The largest absolute Gasteiger partial charge is 0.467 e. The van der Waals surface area contributed by atoms with Crippen molar-refractivity contribution in [3.63, 3.8) is 0 Å². The smallest absolute Gasteiger partial charge is 0.338 e. The number of carbonyl (C=O) groups is 2. The summed E-state index contributed by atoms with van der Waals surface area (Å²) in [5.74, 6) is -0.354. The Morgan fingerprint density at radius 1 is 1.25 bits per heavy atom. The number of rotatable bonds is 2. The van der Waals surface area contributed by atoms with Crippen LogP contribution in [0, 0.1) is 35.0 Å². The molecular weight excluding hydrogens is 304 g/mol. The van der Waals surface area contributed by atoms with Crippen molar-refractivity contribution in [1.82, 2.24) is 0 Å². The van der Waals surface area contributed by atoms with E-state index in [2.05, 4.69) is 27.7 Å². The highest BCUT2D eigenvalue weighted by atomic mass is 16.5. The van der Waals surface area contributed by atoms with E-state index < -0.39 is 17.5 Å². The summed E-state index contributed by atoms with van der Waals surface area (Å²) in [7, 11) is 1.25. The predicted octanol–water partition coefficient (Wildman–Crippen LogP) is 3.38. The second-order valence-corrected chi connectivity index (χ2v) is 8.49. The Kier molecular flexibility index (Phi) is 4.77. The van der Waals surface area contributed by atoms with Gasteiger partial charge in [0.25, 0.3) is 0 Å². The molecule has 0 aliphatic heterocycles. The molecule has 4 nitrogen and oxygen atoms in total. The van der Waals surface area contributed by atoms with Gasteiger partial charge in [-0.3, -0.25) is 4.79 Å². The molecule has 0 aromatic carbocycles. The fourth-order valence-corrected chi connectivity index (χ4v) is 5.32. The predicted molar refractivity (Wildman–Crippen MR) is 93.2 cm³/mol. The molecule has 1 fully saturated rings. The van der Waals surface area contributed by atoms with E-state index in [0.29, 0.717) is 17.8 Å². The van der Waals surface area contributed by atoms with Crippen molar-refractivity contribution >= 4 is 11.8 Å². The van der Waals surface area contributed by atoms with Crippen molar-refractivity contribution in [1.29, 1.82) is 0 Å². The Bertz CT molecular complexity index is 588. The minimum absolute atomic E-state index is 0.112. The van der Waals surface area contributed by atoms with Crippen molar-refractivity contribution in [2.75, 3.05) is 7.11 Å². The van der Waals surface area contributed by atoms with Crippen LogP contribution in [0.1, 0.15) is 54.9 Å². The monoisotopic (exact) mass is 336 g/mol. The molecule has 7 unspecified atom stereocenters. The first kappa shape index (κ1) is 19.2. The molecule has 0 bridgehead atoms. The van der Waals surface area contributed by atoms with Gasteiger partial charge in [-0.2, -0.15) is 0 Å². The number of methoxy groups -OCH3 is 1. The van der Waals surface area contributed by atoms with Gasteiger partial charge in [-0.05, 0) is 54.9 Å². The first-order valence-corrected chi connectivity index (χ1v) is 8.97. The molecule has 0 saturated heterocycles. The Morgan fingerprint density at radius 3 is 2.29 bits per heavy atom. The normalized spacial score (nSPS) is 42.4. The molecular formula is C20H32O4. The van der Waals surface area contributed by atoms with Gasteiger partial charge in [0, 0.05) is 0 Å². The van der Waals surface area contributed by atoms with Gasteiger partial charge in [0.2, 0.25) is 0 Å². The molecule has 1 saturated carbocycles. The van der Waals surface area contributed by atoms with E-state index in [1.54, 1.807) is 0 Å². The molecule has 2 aliphatic carbocycles. The van der Waals surface area contributed by atoms with Crippen molar-refractivity contribution in [3.05, 3.63) is 11.1 Å². The van der Waals surface area contributed by atoms with Gasteiger partial charge in [-0.15, -0.1) is 0 Å². The lowest BCUT2D eigenvalue weighted by atomic mass is 9.47. The Hall–Kier alpha value is -1.16. The topological polar surface area (TPSA) is 63.6 Å². The number of Topliss-reactive ketones (excluding diaryl/α,β-unsaturated/α-hetero) is 1. The zero-order valence-electron chi connectivity index (χ0n) is 16.3. The quantitative estimate of drug-likeness (QED) is 0.785. The van der Waals surface area contributed by atoms with Crippen molar-refractivity contribution in [3.8, 4) is 0 Å². The van der Waals surface area contributed by atoms with Crippen LogP contribution in [0.15, 0.2) is 11.1 Å². The fraction of sp³-hybridized carbons (Fsp3) is 0.800. The first-order chi connectivity index (χ1) is 10.9. The van der Waals surface area contributed by atoms with Crippen molar-refractivity contribution in [2.45, 2.75) is 60.5 Å². The number of hydrogen-bond donors (Lipinski definition) is 1. The molecule has 0 heterocycles. The number of hydrogen-bond acceptors (Lipinski definition) is 4. The lowest BCUT2D eigenvalue weighted by Gasteiger charge is -2.57. The van der Waals surface area contributed by atoms with Crippen LogP contribution in [0.25, 0.3) is 0 Å². The SMILES string of the molecule is COC(=O)C(C)(O)C1C(=O)C(C)=C2CC(C)C(C)C(C)C2(C)C1C. The average molecular weight is 336 g/mol. The summed E-state index contributed by atoms with van der Waals surface area (Å²) in [5.41, 5.74) is -0.0648. The minimum atomic E-state index is -1.81. The zero-order chi connectivity index (χ0) is 18.6. The van der Waals surface area contributed by atoms with Gasteiger partial charge in [0.05, 0.1) is 13.0 Å². The van der Waals surface area contributed by atoms with E-state index >= 15 is 0 Å². The number of aliphatic hydroxyl groups is 1. The van der Waals surface area contributed by atoms with Gasteiger partial charge in [-0.1, -0.05) is 40.2 Å². The molecule has 4 heteroatoms. The molecule has 2 rings (SSSR count). The van der Waals surface area contributed by atoms with E-state index in [4.69, 9.17) is 4.74 Å². The summed E-state index contributed by atoms with van der Waals surface area (Å²) in [6.45, 7) is 14.2. The molecule has 136 valence electrons. The lowest BCUT2D eigenvalue weighted by Crippen LogP contribution is -2.59. The van der Waals surface area contributed by atoms with Gasteiger partial charge < -0.3 is 9.84 Å². The highest BCUT2D eigenvalue weighted by Gasteiger charge is 2.59. The number of allylic oxidation sites excluding steroid dienone is 2. The van der Waals surface area contributed by atoms with Crippen LogP contribution < -0.4 is 0 Å². The second-order valence-electron chi connectivity index (χ2n) is 8.49. The average Bonchev–Trinajstić information content (AvgIpc) is 2.53. The summed E-state index contributed by atoms with van der Waals surface area (Å²) in [5, 5.41) is 10.9. The Labute approximate surface area is 145 Å². The van der Waals surface area contributed by atoms with Crippen LogP contribution in [0.4, 0.5) is 0 Å². The number of ether oxygens (including phenoxy) is 1. The molecule has 1 N–H and O–H groups in total. The highest BCUT2D eigenvalue weighted by Crippen LogP contribution is 2.60. The number of ketones is 1. The second kappa shape index (κ2) is 5.98. The van der Waals surface area contributed by atoms with Crippen LogP contribution in [0.2, 0.25) is 0 Å².